The average Bonchev–Trinajstić information content (AvgIpc) is 2.86. The van der Waals surface area contributed by atoms with E-state index in [4.69, 9.17) is 0 Å². The molecule has 1 N–H and O–H groups in total. The van der Waals surface area contributed by atoms with E-state index in [9.17, 15) is 13.2 Å². The summed E-state index contributed by atoms with van der Waals surface area (Å²) in [4.78, 5) is 16.5. The molecule has 1 saturated heterocycles. The van der Waals surface area contributed by atoms with Gasteiger partial charge < -0.3 is 14.5 Å². The van der Waals surface area contributed by atoms with Gasteiger partial charge in [-0.1, -0.05) is 72.3 Å². The van der Waals surface area contributed by atoms with Gasteiger partial charge in [0.25, 0.3) is 5.91 Å². The van der Waals surface area contributed by atoms with Crippen LogP contribution in [0.2, 0.25) is 0 Å². The van der Waals surface area contributed by atoms with Crippen molar-refractivity contribution in [3.05, 3.63) is 106 Å². The van der Waals surface area contributed by atoms with Gasteiger partial charge in [0.15, 0.2) is 0 Å². The fraction of sp³-hybridized carbons (Fsp3) is 0.250. The van der Waals surface area contributed by atoms with Crippen molar-refractivity contribution in [3.8, 4) is 0 Å². The molecule has 0 bridgehead atoms. The summed E-state index contributed by atoms with van der Waals surface area (Å²) >= 11 is 0. The van der Waals surface area contributed by atoms with Crippen LogP contribution in [-0.2, 0) is 10.0 Å². The van der Waals surface area contributed by atoms with Crippen LogP contribution in [0, 0.1) is 13.8 Å². The summed E-state index contributed by atoms with van der Waals surface area (Å²) in [5, 5.41) is 0. The van der Waals surface area contributed by atoms with E-state index in [2.05, 4.69) is 29.0 Å². The molecule has 0 saturated carbocycles. The van der Waals surface area contributed by atoms with E-state index in [0.717, 1.165) is 25.2 Å². The first-order valence-corrected chi connectivity index (χ1v) is 13.3. The standard InChI is InChI=1S/C28H30N3O3S/c1-22-10-14-26(15-11-22)29-35(33,34)27-21-25(13-12-23(27)2)28(32)31-19-17-30(18-20-31)16-6-9-24-7-4-3-5-8-24/h3-15,21H,16-20H2,1-2H3/q-1/p+1/b9-6+. The Balaban J connectivity index is 1.39. The van der Waals surface area contributed by atoms with Crippen molar-refractivity contribution in [2.24, 2.45) is 0 Å². The number of carbonyl (C=O) groups is 1. The van der Waals surface area contributed by atoms with E-state index in [-0.39, 0.29) is 10.8 Å². The third-order valence-electron chi connectivity index (χ3n) is 6.25. The molecule has 1 aliphatic rings. The fourth-order valence-electron chi connectivity index (χ4n) is 4.14. The molecule has 1 amide bonds. The first-order valence-electron chi connectivity index (χ1n) is 11.8. The number of carbonyl (C=O) groups excluding carboxylic acids is 1. The molecule has 182 valence electrons. The summed E-state index contributed by atoms with van der Waals surface area (Å²) in [6, 6.07) is 22.0. The van der Waals surface area contributed by atoms with E-state index < -0.39 is 10.0 Å². The summed E-state index contributed by atoms with van der Waals surface area (Å²) in [6.07, 6.45) is 4.30. The molecule has 0 aliphatic carbocycles. The van der Waals surface area contributed by atoms with Gasteiger partial charge in [-0.25, -0.2) is 8.42 Å². The van der Waals surface area contributed by atoms with E-state index >= 15 is 0 Å². The van der Waals surface area contributed by atoms with Crippen LogP contribution in [0.15, 0.2) is 83.8 Å². The van der Waals surface area contributed by atoms with Gasteiger partial charge in [0.05, 0.1) is 37.6 Å². The zero-order chi connectivity index (χ0) is 24.8. The summed E-state index contributed by atoms with van der Waals surface area (Å²) in [7, 11) is -3.94. The first kappa shape index (κ1) is 24.7. The maximum Gasteiger partial charge on any atom is 0.254 e. The highest BCUT2D eigenvalue weighted by molar-refractivity contribution is 7.94. The molecule has 3 aromatic carbocycles. The summed E-state index contributed by atoms with van der Waals surface area (Å²) in [5.74, 6) is -0.143. The van der Waals surface area contributed by atoms with E-state index in [0.29, 0.717) is 29.9 Å². The highest BCUT2D eigenvalue weighted by atomic mass is 32.2. The molecule has 3 aromatic rings. The van der Waals surface area contributed by atoms with Gasteiger partial charge in [-0.05, 0) is 43.2 Å². The second-order valence-corrected chi connectivity index (χ2v) is 10.5. The number of aryl methyl sites for hydroxylation is 2. The van der Waals surface area contributed by atoms with E-state index in [1.54, 1.807) is 31.2 Å². The third kappa shape index (κ3) is 6.38. The van der Waals surface area contributed by atoms with Crippen molar-refractivity contribution >= 4 is 27.7 Å². The molecular weight excluding hydrogens is 458 g/mol. The van der Waals surface area contributed by atoms with Crippen molar-refractivity contribution < 1.29 is 18.1 Å². The molecule has 4 rings (SSSR count). The lowest BCUT2D eigenvalue weighted by molar-refractivity contribution is -0.898. The molecule has 35 heavy (non-hydrogen) atoms. The maximum atomic E-state index is 13.2. The summed E-state index contributed by atoms with van der Waals surface area (Å²) in [5.41, 5.74) is 3.52. The molecule has 0 aromatic heterocycles. The molecule has 1 fully saturated rings. The van der Waals surface area contributed by atoms with E-state index in [1.807, 2.05) is 42.2 Å². The molecule has 0 radical (unpaired) electrons. The van der Waals surface area contributed by atoms with Crippen molar-refractivity contribution in [2.75, 3.05) is 32.7 Å². The zero-order valence-electron chi connectivity index (χ0n) is 20.1. The number of nitrogens with zero attached hydrogens (tertiary/aromatic N) is 2. The molecule has 1 heterocycles. The Morgan fingerprint density at radius 1 is 0.971 bits per heavy atom. The number of piperazine rings is 1. The Morgan fingerprint density at radius 3 is 2.34 bits per heavy atom. The third-order valence-corrected chi connectivity index (χ3v) is 7.69. The van der Waals surface area contributed by atoms with Gasteiger partial charge in [-0.3, -0.25) is 4.79 Å². The number of benzene rings is 3. The monoisotopic (exact) mass is 489 g/mol. The lowest BCUT2D eigenvalue weighted by Crippen LogP contribution is -3.14. The van der Waals surface area contributed by atoms with Gasteiger partial charge in [0.2, 0.25) is 0 Å². The fourth-order valence-corrected chi connectivity index (χ4v) is 5.39. The first-order chi connectivity index (χ1) is 16.8. The van der Waals surface area contributed by atoms with Crippen LogP contribution >= 0.6 is 0 Å². The number of sulfonamides is 1. The normalized spacial score (nSPS) is 14.9. The highest BCUT2D eigenvalue weighted by Gasteiger charge is 2.25. The number of nitrogens with one attached hydrogen (secondary N) is 1. The van der Waals surface area contributed by atoms with Gasteiger partial charge in [0.1, 0.15) is 10.0 Å². The summed E-state index contributed by atoms with van der Waals surface area (Å²) < 4.78 is 30.0. The van der Waals surface area contributed by atoms with Crippen molar-refractivity contribution in [3.63, 3.8) is 0 Å². The molecule has 0 atom stereocenters. The number of quaternary nitrogens is 1. The van der Waals surface area contributed by atoms with Crippen LogP contribution < -0.4 is 4.90 Å². The Hall–Kier alpha value is -3.42. The second kappa shape index (κ2) is 10.9. The van der Waals surface area contributed by atoms with Crippen molar-refractivity contribution in [2.45, 2.75) is 18.7 Å². The predicted molar refractivity (Wildman–Crippen MR) is 140 cm³/mol. The van der Waals surface area contributed by atoms with Crippen LogP contribution in [-0.4, -0.2) is 51.9 Å². The molecule has 1 aliphatic heterocycles. The lowest BCUT2D eigenvalue weighted by Gasteiger charge is -2.32. The molecular formula is C28H31N3O3S. The lowest BCUT2D eigenvalue weighted by atomic mass is 10.1. The minimum atomic E-state index is -3.94. The predicted octanol–water partition coefficient (Wildman–Crippen LogP) is 3.75. The molecule has 0 spiro atoms. The second-order valence-electron chi connectivity index (χ2n) is 8.94. The van der Waals surface area contributed by atoms with Crippen LogP contribution in [0.4, 0.5) is 5.69 Å². The Morgan fingerprint density at radius 2 is 1.66 bits per heavy atom. The number of hydrogen-bond donors (Lipinski definition) is 1. The topological polar surface area (TPSA) is 73.0 Å². The summed E-state index contributed by atoms with van der Waals surface area (Å²) in [6.45, 7) is 7.53. The van der Waals surface area contributed by atoms with Gasteiger partial charge >= 0.3 is 0 Å². The van der Waals surface area contributed by atoms with Crippen molar-refractivity contribution in [1.82, 2.24) is 4.90 Å². The van der Waals surface area contributed by atoms with Crippen LogP contribution in [0.3, 0.4) is 0 Å². The van der Waals surface area contributed by atoms with Gasteiger partial charge in [-0.15, -0.1) is 5.69 Å². The van der Waals surface area contributed by atoms with Gasteiger partial charge in [-0.2, -0.15) is 0 Å². The highest BCUT2D eigenvalue weighted by Crippen LogP contribution is 2.30. The number of rotatable bonds is 7. The van der Waals surface area contributed by atoms with Gasteiger partial charge in [0, 0.05) is 5.56 Å². The smallest absolute Gasteiger partial charge is 0.254 e. The number of hydrogen-bond acceptors (Lipinski definition) is 3. The number of amides is 1. The van der Waals surface area contributed by atoms with E-state index in [1.165, 1.54) is 16.5 Å². The Bertz CT molecular complexity index is 1300. The molecule has 0 unspecified atom stereocenters. The van der Waals surface area contributed by atoms with Crippen LogP contribution in [0.1, 0.15) is 27.0 Å². The van der Waals surface area contributed by atoms with Crippen LogP contribution in [0.5, 0.6) is 0 Å². The minimum absolute atomic E-state index is 0.0687. The zero-order valence-corrected chi connectivity index (χ0v) is 21.0. The quantitative estimate of drug-likeness (QED) is 0.549. The Kier molecular flexibility index (Phi) is 7.68. The SMILES string of the molecule is Cc1ccc([N-]S(=O)(=O)c2cc(C(=O)N3CC[NH+](C/C=C/c4ccccc4)CC3)ccc2C)cc1. The van der Waals surface area contributed by atoms with Crippen molar-refractivity contribution in [1.29, 1.82) is 0 Å². The Labute approximate surface area is 207 Å². The average molecular weight is 490 g/mol. The minimum Gasteiger partial charge on any atom is -0.573 e. The van der Waals surface area contributed by atoms with Crippen LogP contribution in [0.25, 0.3) is 10.8 Å². The molecule has 6 nitrogen and oxygen atoms in total. The maximum absolute atomic E-state index is 13.2. The molecule has 7 heteroatoms. The largest absolute Gasteiger partial charge is 0.573 e.